The monoisotopic (exact) mass is 176 g/mol. The van der Waals surface area contributed by atoms with Gasteiger partial charge in [-0.1, -0.05) is 0 Å². The number of aliphatic hydroxyl groups excluding tert-OH is 1. The molecular weight excluding hydrogens is 156 g/mol. The molecule has 0 aliphatic carbocycles. The third kappa shape index (κ3) is 7.94. The Balaban J connectivity index is 3.02. The second kappa shape index (κ2) is 8.93. The summed E-state index contributed by atoms with van der Waals surface area (Å²) >= 11 is 0. The normalized spacial score (nSPS) is 13.2. The third-order valence-electron chi connectivity index (χ3n) is 1.48. The molecule has 1 atom stereocenters. The number of likely N-dealkylation sites (N-methyl/N-ethyl adjacent to an activating group) is 1. The fourth-order valence-electron chi connectivity index (χ4n) is 0.832. The van der Waals surface area contributed by atoms with Crippen LogP contribution in [-0.2, 0) is 4.74 Å². The first-order valence-corrected chi connectivity index (χ1v) is 4.39. The molecule has 3 N–H and O–H groups in total. The van der Waals surface area contributed by atoms with Crippen LogP contribution in [0.1, 0.15) is 6.92 Å². The van der Waals surface area contributed by atoms with Crippen molar-refractivity contribution in [2.75, 3.05) is 39.9 Å². The zero-order valence-corrected chi connectivity index (χ0v) is 7.97. The summed E-state index contributed by atoms with van der Waals surface area (Å²) in [6.07, 6.45) is 0.175. The van der Waals surface area contributed by atoms with Crippen LogP contribution in [0.5, 0.6) is 0 Å². The summed E-state index contributed by atoms with van der Waals surface area (Å²) in [4.78, 5) is 0. The Morgan fingerprint density at radius 1 is 1.42 bits per heavy atom. The molecule has 0 heterocycles. The van der Waals surface area contributed by atoms with Crippen molar-refractivity contribution in [3.8, 4) is 0 Å². The van der Waals surface area contributed by atoms with Gasteiger partial charge in [-0.25, -0.2) is 0 Å². The lowest BCUT2D eigenvalue weighted by Gasteiger charge is -2.12. The van der Waals surface area contributed by atoms with Crippen molar-refractivity contribution in [2.24, 2.45) is 0 Å². The lowest BCUT2D eigenvalue weighted by Crippen LogP contribution is -2.32. The standard InChI is InChI=1S/C8H20N2O2/c1-8(12-6-5-11)7-10-4-3-9-2/h8-11H,3-7H2,1-2H3. The number of aliphatic hydroxyl groups is 1. The van der Waals surface area contributed by atoms with Crippen LogP contribution >= 0.6 is 0 Å². The van der Waals surface area contributed by atoms with Crippen LogP contribution in [0.2, 0.25) is 0 Å². The van der Waals surface area contributed by atoms with Gasteiger partial charge in [-0.3, -0.25) is 0 Å². The Labute approximate surface area is 74.3 Å². The fourth-order valence-corrected chi connectivity index (χ4v) is 0.832. The van der Waals surface area contributed by atoms with Gasteiger partial charge in [0.05, 0.1) is 19.3 Å². The number of ether oxygens (including phenoxy) is 1. The van der Waals surface area contributed by atoms with Crippen molar-refractivity contribution in [3.63, 3.8) is 0 Å². The molecule has 4 heteroatoms. The molecular formula is C8H20N2O2. The highest BCUT2D eigenvalue weighted by Crippen LogP contribution is 1.86. The minimum Gasteiger partial charge on any atom is -0.394 e. The minimum absolute atomic E-state index is 0.0981. The molecule has 12 heavy (non-hydrogen) atoms. The van der Waals surface area contributed by atoms with Gasteiger partial charge in [0.15, 0.2) is 0 Å². The Hall–Kier alpha value is -0.160. The maximum absolute atomic E-state index is 8.47. The van der Waals surface area contributed by atoms with Crippen molar-refractivity contribution in [2.45, 2.75) is 13.0 Å². The van der Waals surface area contributed by atoms with E-state index in [1.165, 1.54) is 0 Å². The molecule has 0 aromatic rings. The van der Waals surface area contributed by atoms with Gasteiger partial charge >= 0.3 is 0 Å². The molecule has 0 rings (SSSR count). The van der Waals surface area contributed by atoms with Crippen molar-refractivity contribution in [3.05, 3.63) is 0 Å². The van der Waals surface area contributed by atoms with Crippen LogP contribution in [0, 0.1) is 0 Å². The quantitative estimate of drug-likeness (QED) is 0.424. The summed E-state index contributed by atoms with van der Waals surface area (Å²) < 4.78 is 5.24. The van der Waals surface area contributed by atoms with Gasteiger partial charge in [-0.05, 0) is 14.0 Å². The summed E-state index contributed by atoms with van der Waals surface area (Å²) in [5.41, 5.74) is 0. The zero-order chi connectivity index (χ0) is 9.23. The first-order chi connectivity index (χ1) is 5.81. The molecule has 0 fully saturated rings. The predicted octanol–water partition coefficient (Wildman–Crippen LogP) is -0.807. The van der Waals surface area contributed by atoms with Gasteiger partial charge in [0.2, 0.25) is 0 Å². The topological polar surface area (TPSA) is 53.5 Å². The van der Waals surface area contributed by atoms with Crippen LogP contribution in [0.15, 0.2) is 0 Å². The summed E-state index contributed by atoms with van der Waals surface area (Å²) in [6, 6.07) is 0. The lowest BCUT2D eigenvalue weighted by molar-refractivity contribution is 0.0396. The molecule has 4 nitrogen and oxygen atoms in total. The molecule has 0 bridgehead atoms. The molecule has 74 valence electrons. The van der Waals surface area contributed by atoms with Crippen LogP contribution < -0.4 is 10.6 Å². The fraction of sp³-hybridized carbons (Fsp3) is 1.00. The molecule has 0 aliphatic heterocycles. The van der Waals surface area contributed by atoms with E-state index in [2.05, 4.69) is 10.6 Å². The van der Waals surface area contributed by atoms with Crippen LogP contribution in [0.25, 0.3) is 0 Å². The van der Waals surface area contributed by atoms with Gasteiger partial charge in [-0.2, -0.15) is 0 Å². The Kier molecular flexibility index (Phi) is 8.81. The van der Waals surface area contributed by atoms with E-state index in [9.17, 15) is 0 Å². The number of hydrogen-bond acceptors (Lipinski definition) is 4. The smallest absolute Gasteiger partial charge is 0.0701 e. The number of rotatable bonds is 8. The zero-order valence-electron chi connectivity index (χ0n) is 7.97. The molecule has 1 unspecified atom stereocenters. The summed E-state index contributed by atoms with van der Waals surface area (Å²) in [6.45, 7) is 5.26. The van der Waals surface area contributed by atoms with E-state index in [0.29, 0.717) is 6.61 Å². The largest absolute Gasteiger partial charge is 0.394 e. The summed E-state index contributed by atoms with van der Waals surface area (Å²) in [7, 11) is 1.92. The van der Waals surface area contributed by atoms with Gasteiger partial charge in [0, 0.05) is 19.6 Å². The molecule has 0 radical (unpaired) electrons. The van der Waals surface area contributed by atoms with Crippen molar-refractivity contribution >= 4 is 0 Å². The maximum atomic E-state index is 8.47. The second-order valence-corrected chi connectivity index (χ2v) is 2.71. The number of hydrogen-bond donors (Lipinski definition) is 3. The molecule has 0 spiro atoms. The molecule has 0 saturated heterocycles. The Morgan fingerprint density at radius 3 is 2.75 bits per heavy atom. The van der Waals surface area contributed by atoms with Gasteiger partial charge < -0.3 is 20.5 Å². The van der Waals surface area contributed by atoms with E-state index in [1.54, 1.807) is 0 Å². The maximum Gasteiger partial charge on any atom is 0.0701 e. The Bertz CT molecular complexity index is 91.1. The third-order valence-corrected chi connectivity index (χ3v) is 1.48. The van der Waals surface area contributed by atoms with Gasteiger partial charge in [0.1, 0.15) is 0 Å². The van der Waals surface area contributed by atoms with Crippen molar-refractivity contribution in [1.29, 1.82) is 0 Å². The average Bonchev–Trinajstić information content (AvgIpc) is 2.09. The van der Waals surface area contributed by atoms with Gasteiger partial charge in [0.25, 0.3) is 0 Å². The first kappa shape index (κ1) is 11.8. The summed E-state index contributed by atoms with van der Waals surface area (Å²) in [5.74, 6) is 0. The van der Waals surface area contributed by atoms with E-state index in [1.807, 2.05) is 14.0 Å². The molecule has 0 aromatic heterocycles. The van der Waals surface area contributed by atoms with E-state index >= 15 is 0 Å². The SMILES string of the molecule is CNCCNCC(C)OCCO. The van der Waals surface area contributed by atoms with Crippen LogP contribution in [0.4, 0.5) is 0 Å². The van der Waals surface area contributed by atoms with E-state index in [4.69, 9.17) is 9.84 Å². The molecule has 0 saturated carbocycles. The van der Waals surface area contributed by atoms with E-state index < -0.39 is 0 Å². The molecule has 0 aliphatic rings. The first-order valence-electron chi connectivity index (χ1n) is 4.39. The summed E-state index contributed by atoms with van der Waals surface area (Å²) in [5, 5.41) is 14.7. The molecule has 0 amide bonds. The highest BCUT2D eigenvalue weighted by atomic mass is 16.5. The second-order valence-electron chi connectivity index (χ2n) is 2.71. The average molecular weight is 176 g/mol. The van der Waals surface area contributed by atoms with Crippen molar-refractivity contribution < 1.29 is 9.84 Å². The highest BCUT2D eigenvalue weighted by Gasteiger charge is 1.99. The van der Waals surface area contributed by atoms with Crippen LogP contribution in [0.3, 0.4) is 0 Å². The van der Waals surface area contributed by atoms with Crippen molar-refractivity contribution in [1.82, 2.24) is 10.6 Å². The van der Waals surface area contributed by atoms with Crippen LogP contribution in [-0.4, -0.2) is 51.1 Å². The minimum atomic E-state index is 0.0981. The highest BCUT2D eigenvalue weighted by molar-refractivity contribution is 4.55. The Morgan fingerprint density at radius 2 is 2.17 bits per heavy atom. The number of nitrogens with one attached hydrogen (secondary N) is 2. The lowest BCUT2D eigenvalue weighted by atomic mass is 10.4. The van der Waals surface area contributed by atoms with E-state index in [0.717, 1.165) is 19.6 Å². The van der Waals surface area contributed by atoms with E-state index in [-0.39, 0.29) is 12.7 Å². The van der Waals surface area contributed by atoms with Gasteiger partial charge in [-0.15, -0.1) is 0 Å². The molecule has 0 aromatic carbocycles. The predicted molar refractivity (Wildman–Crippen MR) is 49.3 cm³/mol.